The number of halogens is 1. The van der Waals surface area contributed by atoms with Crippen molar-refractivity contribution in [2.45, 2.75) is 13.1 Å². The molecule has 5 heteroatoms. The van der Waals surface area contributed by atoms with Crippen molar-refractivity contribution in [2.24, 2.45) is 5.73 Å². The Balaban J connectivity index is 2.66. The van der Waals surface area contributed by atoms with Crippen molar-refractivity contribution in [3.63, 3.8) is 0 Å². The van der Waals surface area contributed by atoms with Gasteiger partial charge >= 0.3 is 0 Å². The lowest BCUT2D eigenvalue weighted by atomic mass is 10.1. The van der Waals surface area contributed by atoms with Crippen LogP contribution in [0.2, 0.25) is 0 Å². The van der Waals surface area contributed by atoms with E-state index >= 15 is 0 Å². The molecule has 0 fully saturated rings. The largest absolute Gasteiger partial charge is 0.348 e. The van der Waals surface area contributed by atoms with Gasteiger partial charge in [-0.3, -0.25) is 9.69 Å². The summed E-state index contributed by atoms with van der Waals surface area (Å²) in [6.07, 6.45) is 0. The first-order chi connectivity index (χ1) is 8.42. The van der Waals surface area contributed by atoms with E-state index in [4.69, 9.17) is 5.73 Å². The van der Waals surface area contributed by atoms with Crippen LogP contribution in [0.1, 0.15) is 11.1 Å². The molecule has 1 rings (SSSR count). The van der Waals surface area contributed by atoms with Gasteiger partial charge in [0, 0.05) is 27.2 Å². The zero-order valence-electron chi connectivity index (χ0n) is 11.1. The molecule has 18 heavy (non-hydrogen) atoms. The summed E-state index contributed by atoms with van der Waals surface area (Å²) in [5, 5.41) is 0. The Morgan fingerprint density at radius 1 is 1.22 bits per heavy atom. The fourth-order valence-electron chi connectivity index (χ4n) is 1.67. The second-order valence-electron chi connectivity index (χ2n) is 4.63. The number of benzene rings is 1. The van der Waals surface area contributed by atoms with E-state index in [1.807, 2.05) is 18.0 Å². The number of hydrogen-bond donors (Lipinski definition) is 1. The van der Waals surface area contributed by atoms with E-state index in [-0.39, 0.29) is 11.7 Å². The maximum atomic E-state index is 13.3. The number of nitrogens with two attached hydrogens (primary N) is 1. The molecule has 0 bridgehead atoms. The van der Waals surface area contributed by atoms with Crippen LogP contribution < -0.4 is 5.73 Å². The van der Waals surface area contributed by atoms with E-state index in [1.54, 1.807) is 14.1 Å². The Labute approximate surface area is 107 Å². The molecule has 0 saturated carbocycles. The minimum absolute atomic E-state index is 0.0213. The van der Waals surface area contributed by atoms with Crippen LogP contribution in [0.3, 0.4) is 0 Å². The topological polar surface area (TPSA) is 49.6 Å². The molecule has 0 heterocycles. The van der Waals surface area contributed by atoms with Gasteiger partial charge in [0.15, 0.2) is 0 Å². The molecule has 0 aliphatic heterocycles. The lowest BCUT2D eigenvalue weighted by molar-refractivity contribution is -0.129. The average molecular weight is 253 g/mol. The van der Waals surface area contributed by atoms with Gasteiger partial charge in [0.05, 0.1) is 6.54 Å². The second kappa shape index (κ2) is 6.47. The van der Waals surface area contributed by atoms with Crippen molar-refractivity contribution < 1.29 is 9.18 Å². The molecule has 1 aromatic carbocycles. The Bertz CT molecular complexity index is 421. The van der Waals surface area contributed by atoms with Gasteiger partial charge < -0.3 is 10.6 Å². The molecule has 1 amide bonds. The van der Waals surface area contributed by atoms with Crippen molar-refractivity contribution >= 4 is 5.91 Å². The molecule has 0 aliphatic rings. The third-order valence-electron chi connectivity index (χ3n) is 2.61. The summed E-state index contributed by atoms with van der Waals surface area (Å²) in [5.41, 5.74) is 7.08. The Hall–Kier alpha value is -1.46. The van der Waals surface area contributed by atoms with Crippen molar-refractivity contribution in [3.05, 3.63) is 35.1 Å². The Kier molecular flexibility index (Phi) is 5.25. The smallest absolute Gasteiger partial charge is 0.236 e. The predicted molar refractivity (Wildman–Crippen MR) is 69.3 cm³/mol. The van der Waals surface area contributed by atoms with Crippen LogP contribution in [0.15, 0.2) is 18.2 Å². The van der Waals surface area contributed by atoms with Crippen LogP contribution in [-0.2, 0) is 17.9 Å². The van der Waals surface area contributed by atoms with Crippen molar-refractivity contribution in [3.8, 4) is 0 Å². The maximum absolute atomic E-state index is 13.3. The maximum Gasteiger partial charge on any atom is 0.236 e. The minimum atomic E-state index is -0.291. The van der Waals surface area contributed by atoms with Crippen LogP contribution >= 0.6 is 0 Å². The zero-order valence-corrected chi connectivity index (χ0v) is 11.1. The van der Waals surface area contributed by atoms with Crippen LogP contribution in [0, 0.1) is 5.82 Å². The summed E-state index contributed by atoms with van der Waals surface area (Å²) >= 11 is 0. The summed E-state index contributed by atoms with van der Waals surface area (Å²) in [5.74, 6) is -0.270. The van der Waals surface area contributed by atoms with E-state index < -0.39 is 0 Å². The van der Waals surface area contributed by atoms with Crippen molar-refractivity contribution in [1.29, 1.82) is 0 Å². The third kappa shape index (κ3) is 4.43. The molecule has 1 aromatic rings. The van der Waals surface area contributed by atoms with E-state index in [0.717, 1.165) is 11.1 Å². The van der Waals surface area contributed by atoms with E-state index in [1.165, 1.54) is 17.0 Å². The van der Waals surface area contributed by atoms with Gasteiger partial charge in [-0.25, -0.2) is 4.39 Å². The van der Waals surface area contributed by atoms with Crippen LogP contribution in [0.5, 0.6) is 0 Å². The minimum Gasteiger partial charge on any atom is -0.348 e. The second-order valence-corrected chi connectivity index (χ2v) is 4.63. The predicted octanol–water partition coefficient (Wildman–Crippen LogP) is 0.804. The normalized spacial score (nSPS) is 10.8. The first-order valence-corrected chi connectivity index (χ1v) is 5.79. The van der Waals surface area contributed by atoms with E-state index in [0.29, 0.717) is 19.6 Å². The lowest BCUT2D eigenvalue weighted by Crippen LogP contribution is -2.34. The summed E-state index contributed by atoms with van der Waals surface area (Å²) in [7, 11) is 5.25. The van der Waals surface area contributed by atoms with Crippen LogP contribution in [-0.4, -0.2) is 43.4 Å². The van der Waals surface area contributed by atoms with Crippen LogP contribution in [0.25, 0.3) is 0 Å². The molecule has 0 unspecified atom stereocenters. The van der Waals surface area contributed by atoms with E-state index in [2.05, 4.69) is 0 Å². The van der Waals surface area contributed by atoms with Gasteiger partial charge in [-0.1, -0.05) is 6.07 Å². The summed E-state index contributed by atoms with van der Waals surface area (Å²) < 4.78 is 13.3. The van der Waals surface area contributed by atoms with Gasteiger partial charge in [-0.15, -0.1) is 0 Å². The number of amides is 1. The highest BCUT2D eigenvalue weighted by Gasteiger charge is 2.09. The fourth-order valence-corrected chi connectivity index (χ4v) is 1.67. The number of rotatable bonds is 5. The monoisotopic (exact) mass is 253 g/mol. The molecule has 100 valence electrons. The average Bonchev–Trinajstić information content (AvgIpc) is 2.27. The molecule has 2 N–H and O–H groups in total. The van der Waals surface area contributed by atoms with Gasteiger partial charge in [0.2, 0.25) is 5.91 Å². The molecule has 4 nitrogen and oxygen atoms in total. The number of carbonyl (C=O) groups is 1. The first kappa shape index (κ1) is 14.6. The molecule has 0 atom stereocenters. The molecule has 0 aliphatic carbocycles. The van der Waals surface area contributed by atoms with Gasteiger partial charge in [-0.2, -0.15) is 0 Å². The Morgan fingerprint density at radius 3 is 2.39 bits per heavy atom. The van der Waals surface area contributed by atoms with Crippen LogP contribution in [0.4, 0.5) is 4.39 Å². The first-order valence-electron chi connectivity index (χ1n) is 5.79. The van der Waals surface area contributed by atoms with Gasteiger partial charge in [0.25, 0.3) is 0 Å². The molecular weight excluding hydrogens is 233 g/mol. The fraction of sp³-hybridized carbons (Fsp3) is 0.462. The molecule has 0 radical (unpaired) electrons. The quantitative estimate of drug-likeness (QED) is 0.844. The standard InChI is InChI=1S/C13H20FN3O/c1-16(2)13(18)9-17(3)8-11-4-10(7-15)5-12(14)6-11/h4-6H,7-9,15H2,1-3H3. The highest BCUT2D eigenvalue weighted by molar-refractivity contribution is 5.77. The summed E-state index contributed by atoms with van der Waals surface area (Å²) in [6, 6.07) is 4.75. The lowest BCUT2D eigenvalue weighted by Gasteiger charge is -2.19. The summed E-state index contributed by atoms with van der Waals surface area (Å²) in [4.78, 5) is 14.9. The molecular formula is C13H20FN3O. The highest BCUT2D eigenvalue weighted by Crippen LogP contribution is 2.10. The number of likely N-dealkylation sites (N-methyl/N-ethyl adjacent to an activating group) is 2. The molecule has 0 saturated heterocycles. The molecule has 0 spiro atoms. The van der Waals surface area contributed by atoms with E-state index in [9.17, 15) is 9.18 Å². The summed E-state index contributed by atoms with van der Waals surface area (Å²) in [6.45, 7) is 1.14. The number of hydrogen-bond acceptors (Lipinski definition) is 3. The Morgan fingerprint density at radius 2 is 1.83 bits per heavy atom. The highest BCUT2D eigenvalue weighted by atomic mass is 19.1. The molecule has 0 aromatic heterocycles. The third-order valence-corrected chi connectivity index (χ3v) is 2.61. The number of nitrogens with zero attached hydrogens (tertiary/aromatic N) is 2. The van der Waals surface area contributed by atoms with Gasteiger partial charge in [0.1, 0.15) is 5.82 Å². The van der Waals surface area contributed by atoms with Gasteiger partial charge in [-0.05, 0) is 30.3 Å². The zero-order chi connectivity index (χ0) is 13.7. The van der Waals surface area contributed by atoms with Crippen molar-refractivity contribution in [2.75, 3.05) is 27.7 Å². The number of carbonyl (C=O) groups excluding carboxylic acids is 1. The SMILES string of the molecule is CN(CC(=O)N(C)C)Cc1cc(F)cc(CN)c1. The van der Waals surface area contributed by atoms with Crippen molar-refractivity contribution in [1.82, 2.24) is 9.80 Å².